The van der Waals surface area contributed by atoms with Crippen molar-refractivity contribution in [3.63, 3.8) is 0 Å². The topological polar surface area (TPSA) is 70.5 Å². The van der Waals surface area contributed by atoms with E-state index in [0.717, 1.165) is 11.3 Å². The van der Waals surface area contributed by atoms with Gasteiger partial charge in [-0.1, -0.05) is 18.2 Å². The number of aromatic nitrogens is 3. The molecule has 122 valence electrons. The number of hydrogen-bond donors (Lipinski definition) is 1. The number of aromatic amines is 1. The minimum absolute atomic E-state index is 0.0841. The number of pyridine rings is 1. The molecule has 1 amide bonds. The van der Waals surface area contributed by atoms with Crippen LogP contribution in [0.5, 0.6) is 0 Å². The highest BCUT2D eigenvalue weighted by molar-refractivity contribution is 7.99. The zero-order chi connectivity index (χ0) is 16.7. The Bertz CT molecular complexity index is 978. The molecule has 4 rings (SSSR count). The van der Waals surface area contributed by atoms with Crippen LogP contribution < -0.4 is 5.69 Å². The van der Waals surface area contributed by atoms with Crippen molar-refractivity contribution in [2.24, 2.45) is 0 Å². The average molecular weight is 340 g/mol. The van der Waals surface area contributed by atoms with Gasteiger partial charge >= 0.3 is 5.69 Å². The fourth-order valence-corrected chi connectivity index (χ4v) is 4.03. The van der Waals surface area contributed by atoms with Crippen LogP contribution in [-0.4, -0.2) is 37.2 Å². The van der Waals surface area contributed by atoms with Gasteiger partial charge in [-0.05, 0) is 30.7 Å². The lowest BCUT2D eigenvalue weighted by atomic mass is 10.1. The maximum Gasteiger partial charge on any atom is 0.347 e. The average Bonchev–Trinajstić information content (AvgIpc) is 2.90. The number of hydrogen-bond acceptors (Lipinski definition) is 4. The molecule has 1 aliphatic heterocycles. The van der Waals surface area contributed by atoms with Gasteiger partial charge in [0.15, 0.2) is 5.65 Å². The number of amides is 1. The van der Waals surface area contributed by atoms with Crippen molar-refractivity contribution in [1.29, 1.82) is 0 Å². The van der Waals surface area contributed by atoms with Crippen LogP contribution in [0.3, 0.4) is 0 Å². The van der Waals surface area contributed by atoms with Gasteiger partial charge in [0.2, 0.25) is 0 Å². The molecule has 0 saturated carbocycles. The van der Waals surface area contributed by atoms with Crippen molar-refractivity contribution in [2.75, 3.05) is 5.75 Å². The number of nitrogens with one attached hydrogen (secondary N) is 1. The molecule has 0 saturated heterocycles. The van der Waals surface area contributed by atoms with E-state index in [4.69, 9.17) is 0 Å². The second kappa shape index (κ2) is 5.83. The summed E-state index contributed by atoms with van der Waals surface area (Å²) in [7, 11) is 0. The number of nitrogens with zero attached hydrogens (tertiary/aromatic N) is 3. The number of benzene rings is 1. The fourth-order valence-electron chi connectivity index (χ4n) is 2.94. The number of H-pyrrole nitrogens is 1. The molecular formula is C17H16N4O2S. The molecule has 2 aromatic heterocycles. The van der Waals surface area contributed by atoms with Gasteiger partial charge in [0.1, 0.15) is 0 Å². The van der Waals surface area contributed by atoms with Crippen molar-refractivity contribution >= 4 is 23.3 Å². The summed E-state index contributed by atoms with van der Waals surface area (Å²) in [5.74, 6) is 0.726. The highest BCUT2D eigenvalue weighted by atomic mass is 32.2. The molecule has 0 bridgehead atoms. The summed E-state index contributed by atoms with van der Waals surface area (Å²) in [5, 5.41) is 6.40. The van der Waals surface area contributed by atoms with Gasteiger partial charge < -0.3 is 4.90 Å². The van der Waals surface area contributed by atoms with Gasteiger partial charge in [0.05, 0.1) is 5.56 Å². The SMILES string of the molecule is CC1CSc2ccccc2CN1C(=O)c1cccn2c(=O)[nH]nc12. The summed E-state index contributed by atoms with van der Waals surface area (Å²) in [6.07, 6.45) is 1.61. The molecule has 7 heteroatoms. The van der Waals surface area contributed by atoms with Crippen molar-refractivity contribution < 1.29 is 4.79 Å². The lowest BCUT2D eigenvalue weighted by Crippen LogP contribution is -2.38. The van der Waals surface area contributed by atoms with E-state index >= 15 is 0 Å². The Kier molecular flexibility index (Phi) is 3.65. The lowest BCUT2D eigenvalue weighted by molar-refractivity contribution is 0.0696. The van der Waals surface area contributed by atoms with Crippen molar-refractivity contribution in [1.82, 2.24) is 19.5 Å². The van der Waals surface area contributed by atoms with Gasteiger partial charge in [0, 0.05) is 29.4 Å². The molecule has 0 fully saturated rings. The first-order chi connectivity index (χ1) is 11.6. The molecule has 1 atom stereocenters. The van der Waals surface area contributed by atoms with E-state index in [-0.39, 0.29) is 17.6 Å². The van der Waals surface area contributed by atoms with Gasteiger partial charge in [-0.3, -0.25) is 4.79 Å². The van der Waals surface area contributed by atoms with Crippen LogP contribution in [0, 0.1) is 0 Å². The zero-order valence-corrected chi connectivity index (χ0v) is 13.9. The third-order valence-corrected chi connectivity index (χ3v) is 5.62. The first-order valence-corrected chi connectivity index (χ1v) is 8.71. The second-order valence-electron chi connectivity index (χ2n) is 5.85. The van der Waals surface area contributed by atoms with Gasteiger partial charge in [0.25, 0.3) is 5.91 Å². The molecule has 1 unspecified atom stereocenters. The van der Waals surface area contributed by atoms with E-state index < -0.39 is 0 Å². The summed E-state index contributed by atoms with van der Waals surface area (Å²) in [4.78, 5) is 27.9. The van der Waals surface area contributed by atoms with E-state index in [1.54, 1.807) is 30.1 Å². The monoisotopic (exact) mass is 340 g/mol. The van der Waals surface area contributed by atoms with Crippen molar-refractivity contribution in [3.05, 3.63) is 64.2 Å². The molecule has 1 N–H and O–H groups in total. The van der Waals surface area contributed by atoms with Crippen molar-refractivity contribution in [2.45, 2.75) is 24.4 Å². The predicted molar refractivity (Wildman–Crippen MR) is 92.3 cm³/mol. The van der Waals surface area contributed by atoms with E-state index in [1.807, 2.05) is 24.0 Å². The highest BCUT2D eigenvalue weighted by Crippen LogP contribution is 2.30. The van der Waals surface area contributed by atoms with Crippen LogP contribution in [0.4, 0.5) is 0 Å². The number of thioether (sulfide) groups is 1. The highest BCUT2D eigenvalue weighted by Gasteiger charge is 2.27. The number of rotatable bonds is 1. The Morgan fingerprint density at radius 3 is 3.00 bits per heavy atom. The maximum atomic E-state index is 13.1. The summed E-state index contributed by atoms with van der Waals surface area (Å²) >= 11 is 1.77. The zero-order valence-electron chi connectivity index (χ0n) is 13.1. The normalized spacial score (nSPS) is 17.5. The first-order valence-electron chi connectivity index (χ1n) is 7.72. The van der Waals surface area contributed by atoms with E-state index in [0.29, 0.717) is 17.8 Å². The lowest BCUT2D eigenvalue weighted by Gasteiger charge is -2.27. The quantitative estimate of drug-likeness (QED) is 0.737. The minimum Gasteiger partial charge on any atom is -0.331 e. The van der Waals surface area contributed by atoms with Crippen LogP contribution in [-0.2, 0) is 6.54 Å². The molecule has 0 aliphatic carbocycles. The minimum atomic E-state index is -0.343. The standard InChI is InChI=1S/C17H16N4O2S/c1-11-10-24-14-7-3-2-5-12(14)9-21(11)16(22)13-6-4-8-20-15(13)18-19-17(20)23/h2-8,11H,9-10H2,1H3,(H,19,23). The summed E-state index contributed by atoms with van der Waals surface area (Å²) in [6, 6.07) is 11.7. The van der Waals surface area contributed by atoms with Crippen LogP contribution in [0.25, 0.3) is 5.65 Å². The van der Waals surface area contributed by atoms with E-state index in [2.05, 4.69) is 22.3 Å². The molecule has 1 aliphatic rings. The second-order valence-corrected chi connectivity index (χ2v) is 6.91. The van der Waals surface area contributed by atoms with Crippen molar-refractivity contribution in [3.8, 4) is 0 Å². The Labute approximate surface area is 142 Å². The third-order valence-electron chi connectivity index (χ3n) is 4.26. The van der Waals surface area contributed by atoms with E-state index in [1.165, 1.54) is 9.30 Å². The molecule has 6 nitrogen and oxygen atoms in total. The van der Waals surface area contributed by atoms with Gasteiger partial charge in [-0.25, -0.2) is 14.3 Å². The van der Waals surface area contributed by atoms with Crippen LogP contribution in [0.15, 0.2) is 52.3 Å². The fraction of sp³-hybridized carbons (Fsp3) is 0.235. The number of carbonyl (C=O) groups excluding carboxylic acids is 1. The molecular weight excluding hydrogens is 324 g/mol. The van der Waals surface area contributed by atoms with Gasteiger partial charge in [-0.15, -0.1) is 11.8 Å². The molecule has 3 aromatic rings. The van der Waals surface area contributed by atoms with Crippen LogP contribution >= 0.6 is 11.8 Å². The largest absolute Gasteiger partial charge is 0.347 e. The molecule has 1 aromatic carbocycles. The van der Waals surface area contributed by atoms with E-state index in [9.17, 15) is 9.59 Å². The molecule has 24 heavy (non-hydrogen) atoms. The Hall–Kier alpha value is -2.54. The first kappa shape index (κ1) is 15.0. The predicted octanol–water partition coefficient (Wildman–Crippen LogP) is 2.16. The summed E-state index contributed by atoms with van der Waals surface area (Å²) in [6.45, 7) is 2.60. The smallest absolute Gasteiger partial charge is 0.331 e. The molecule has 3 heterocycles. The summed E-state index contributed by atoms with van der Waals surface area (Å²) < 4.78 is 1.36. The molecule has 0 radical (unpaired) electrons. The van der Waals surface area contributed by atoms with Crippen LogP contribution in [0.2, 0.25) is 0 Å². The summed E-state index contributed by atoms with van der Waals surface area (Å²) in [5.41, 5.74) is 1.60. The van der Waals surface area contributed by atoms with Crippen LogP contribution in [0.1, 0.15) is 22.8 Å². The Morgan fingerprint density at radius 1 is 1.29 bits per heavy atom. The Morgan fingerprint density at radius 2 is 2.12 bits per heavy atom. The molecule has 0 spiro atoms. The maximum absolute atomic E-state index is 13.1. The Balaban J connectivity index is 1.76. The number of carbonyl (C=O) groups is 1. The third kappa shape index (κ3) is 2.41. The van der Waals surface area contributed by atoms with Gasteiger partial charge in [-0.2, -0.15) is 5.10 Å². The number of fused-ring (bicyclic) bond motifs is 2.